The van der Waals surface area contributed by atoms with Gasteiger partial charge in [-0.1, -0.05) is 0 Å². The molecule has 0 saturated heterocycles. The number of aromatic nitrogens is 2. The number of benzene rings is 1. The molecule has 0 aliphatic heterocycles. The van der Waals surface area contributed by atoms with Crippen LogP contribution >= 0.6 is 0 Å². The van der Waals surface area contributed by atoms with Gasteiger partial charge in [-0.05, 0) is 51.1 Å². The molecule has 27 heavy (non-hydrogen) atoms. The van der Waals surface area contributed by atoms with Crippen LogP contribution in [0.2, 0.25) is 0 Å². The SMILES string of the molecule is COc1ccc(-c2cc(C(=O)NC(CCOC(C)(C)C)C(=O)O)[nH]n2)cc1. The molecule has 0 fully saturated rings. The van der Waals surface area contributed by atoms with Crippen molar-refractivity contribution < 1.29 is 24.2 Å². The maximum Gasteiger partial charge on any atom is 0.326 e. The number of carbonyl (C=O) groups excluding carboxylic acids is 1. The summed E-state index contributed by atoms with van der Waals surface area (Å²) in [4.78, 5) is 23.8. The Bertz CT molecular complexity index is 777. The molecule has 0 saturated carbocycles. The lowest BCUT2D eigenvalue weighted by atomic mass is 10.1. The van der Waals surface area contributed by atoms with Gasteiger partial charge < -0.3 is 19.9 Å². The smallest absolute Gasteiger partial charge is 0.326 e. The van der Waals surface area contributed by atoms with Crippen molar-refractivity contribution in [3.63, 3.8) is 0 Å². The van der Waals surface area contributed by atoms with Gasteiger partial charge in [-0.2, -0.15) is 5.10 Å². The summed E-state index contributed by atoms with van der Waals surface area (Å²) in [5.74, 6) is -0.935. The summed E-state index contributed by atoms with van der Waals surface area (Å²) in [7, 11) is 1.58. The van der Waals surface area contributed by atoms with Crippen LogP contribution in [0.5, 0.6) is 5.75 Å². The second-order valence-electron chi connectivity index (χ2n) is 7.01. The maximum atomic E-state index is 12.4. The van der Waals surface area contributed by atoms with Crippen LogP contribution in [0.3, 0.4) is 0 Å². The summed E-state index contributed by atoms with van der Waals surface area (Å²) in [6.45, 7) is 5.87. The van der Waals surface area contributed by atoms with Crippen molar-refractivity contribution in [2.45, 2.75) is 38.8 Å². The first-order chi connectivity index (χ1) is 12.7. The molecule has 0 radical (unpaired) electrons. The number of amides is 1. The monoisotopic (exact) mass is 375 g/mol. The molecule has 0 bridgehead atoms. The minimum absolute atomic E-state index is 0.165. The first kappa shape index (κ1) is 20.4. The first-order valence-corrected chi connectivity index (χ1v) is 8.57. The topological polar surface area (TPSA) is 114 Å². The van der Waals surface area contributed by atoms with Gasteiger partial charge in [0, 0.05) is 18.6 Å². The van der Waals surface area contributed by atoms with Crippen LogP contribution in [-0.4, -0.2) is 52.5 Å². The summed E-state index contributed by atoms with van der Waals surface area (Å²) in [5.41, 5.74) is 1.19. The molecular formula is C19H25N3O5. The van der Waals surface area contributed by atoms with Crippen molar-refractivity contribution in [2.75, 3.05) is 13.7 Å². The Morgan fingerprint density at radius 2 is 1.93 bits per heavy atom. The van der Waals surface area contributed by atoms with E-state index in [0.29, 0.717) is 11.4 Å². The summed E-state index contributed by atoms with van der Waals surface area (Å²) in [6, 6.07) is 7.74. The van der Waals surface area contributed by atoms with Crippen molar-refractivity contribution in [1.29, 1.82) is 0 Å². The predicted octanol–water partition coefficient (Wildman–Crippen LogP) is 2.47. The number of hydrogen-bond donors (Lipinski definition) is 3. The second-order valence-corrected chi connectivity index (χ2v) is 7.01. The van der Waals surface area contributed by atoms with Crippen molar-refractivity contribution in [2.24, 2.45) is 0 Å². The molecule has 1 heterocycles. The van der Waals surface area contributed by atoms with Crippen LogP contribution in [0.25, 0.3) is 11.3 Å². The zero-order valence-electron chi connectivity index (χ0n) is 15.9. The highest BCUT2D eigenvalue weighted by molar-refractivity contribution is 5.95. The average Bonchev–Trinajstić information content (AvgIpc) is 3.10. The molecule has 1 unspecified atom stereocenters. The Balaban J connectivity index is 2.01. The van der Waals surface area contributed by atoms with Gasteiger partial charge in [0.1, 0.15) is 17.5 Å². The van der Waals surface area contributed by atoms with Gasteiger partial charge in [0.25, 0.3) is 5.91 Å². The number of hydrogen-bond acceptors (Lipinski definition) is 5. The standard InChI is InChI=1S/C19H25N3O5/c1-19(2,3)27-10-9-14(18(24)25)20-17(23)16-11-15(21-22-16)12-5-7-13(26-4)8-6-12/h5-8,11,14H,9-10H2,1-4H3,(H,20,23)(H,21,22)(H,24,25). The van der Waals surface area contributed by atoms with Crippen LogP contribution in [-0.2, 0) is 9.53 Å². The fourth-order valence-electron chi connectivity index (χ4n) is 2.32. The number of carboxylic acid groups (broad SMARTS) is 1. The molecule has 1 aromatic carbocycles. The number of nitrogens with one attached hydrogen (secondary N) is 2. The fourth-order valence-corrected chi connectivity index (χ4v) is 2.32. The van der Waals surface area contributed by atoms with E-state index >= 15 is 0 Å². The molecule has 8 nitrogen and oxygen atoms in total. The third kappa shape index (κ3) is 6.10. The molecular weight excluding hydrogens is 350 g/mol. The van der Waals surface area contributed by atoms with E-state index in [4.69, 9.17) is 9.47 Å². The van der Waals surface area contributed by atoms with Crippen molar-refractivity contribution in [3.05, 3.63) is 36.0 Å². The molecule has 0 spiro atoms. The van der Waals surface area contributed by atoms with Crippen LogP contribution < -0.4 is 10.1 Å². The van der Waals surface area contributed by atoms with Gasteiger partial charge in [0.05, 0.1) is 18.4 Å². The number of carbonyl (C=O) groups is 2. The second kappa shape index (κ2) is 8.68. The van der Waals surface area contributed by atoms with E-state index in [1.54, 1.807) is 25.3 Å². The Hall–Kier alpha value is -2.87. The van der Waals surface area contributed by atoms with Gasteiger partial charge in [0.15, 0.2) is 0 Å². The lowest BCUT2D eigenvalue weighted by Crippen LogP contribution is -2.42. The van der Waals surface area contributed by atoms with Crippen LogP contribution in [0.15, 0.2) is 30.3 Å². The predicted molar refractivity (Wildman–Crippen MR) is 99.8 cm³/mol. The van der Waals surface area contributed by atoms with Crippen molar-refractivity contribution in [3.8, 4) is 17.0 Å². The largest absolute Gasteiger partial charge is 0.497 e. The molecule has 3 N–H and O–H groups in total. The van der Waals surface area contributed by atoms with Crippen LogP contribution in [0, 0.1) is 0 Å². The third-order valence-electron chi connectivity index (χ3n) is 3.75. The molecule has 8 heteroatoms. The number of H-pyrrole nitrogens is 1. The van der Waals surface area contributed by atoms with E-state index in [9.17, 15) is 14.7 Å². The van der Waals surface area contributed by atoms with E-state index in [2.05, 4.69) is 15.5 Å². The summed E-state index contributed by atoms with van der Waals surface area (Å²) in [5, 5.41) is 18.6. The highest BCUT2D eigenvalue weighted by atomic mass is 16.5. The minimum Gasteiger partial charge on any atom is -0.497 e. The minimum atomic E-state index is -1.12. The Kier molecular flexibility index (Phi) is 6.57. The number of ether oxygens (including phenoxy) is 2. The number of nitrogens with zero attached hydrogens (tertiary/aromatic N) is 1. The van der Waals surface area contributed by atoms with Gasteiger partial charge in [0.2, 0.25) is 0 Å². The molecule has 1 amide bonds. The normalized spacial score (nSPS) is 12.4. The van der Waals surface area contributed by atoms with Gasteiger partial charge in [-0.3, -0.25) is 9.89 Å². The van der Waals surface area contributed by atoms with E-state index in [1.807, 2.05) is 32.9 Å². The van der Waals surface area contributed by atoms with Crippen molar-refractivity contribution in [1.82, 2.24) is 15.5 Å². The number of methoxy groups -OCH3 is 1. The molecule has 0 aliphatic carbocycles. The molecule has 146 valence electrons. The highest BCUT2D eigenvalue weighted by Gasteiger charge is 2.23. The first-order valence-electron chi connectivity index (χ1n) is 8.57. The van der Waals surface area contributed by atoms with E-state index < -0.39 is 17.9 Å². The quantitative estimate of drug-likeness (QED) is 0.653. The fraction of sp³-hybridized carbons (Fsp3) is 0.421. The Labute approximate surface area is 157 Å². The van der Waals surface area contributed by atoms with Gasteiger partial charge in [-0.15, -0.1) is 0 Å². The number of aliphatic carboxylic acids is 1. The molecule has 2 rings (SSSR count). The maximum absolute atomic E-state index is 12.4. The molecule has 2 aromatic rings. The van der Waals surface area contributed by atoms with Crippen LogP contribution in [0.1, 0.15) is 37.7 Å². The van der Waals surface area contributed by atoms with E-state index in [1.165, 1.54) is 0 Å². The van der Waals surface area contributed by atoms with E-state index in [-0.39, 0.29) is 24.3 Å². The lowest BCUT2D eigenvalue weighted by Gasteiger charge is -2.21. The Morgan fingerprint density at radius 3 is 2.48 bits per heavy atom. The average molecular weight is 375 g/mol. The zero-order valence-corrected chi connectivity index (χ0v) is 15.9. The Morgan fingerprint density at radius 1 is 1.26 bits per heavy atom. The molecule has 1 aromatic heterocycles. The summed E-state index contributed by atoms with van der Waals surface area (Å²) in [6.07, 6.45) is 0.165. The number of aromatic amines is 1. The van der Waals surface area contributed by atoms with Crippen molar-refractivity contribution >= 4 is 11.9 Å². The summed E-state index contributed by atoms with van der Waals surface area (Å²) >= 11 is 0. The molecule has 1 atom stereocenters. The molecule has 0 aliphatic rings. The number of carboxylic acids is 1. The van der Waals surface area contributed by atoms with Gasteiger partial charge in [-0.25, -0.2) is 4.79 Å². The number of rotatable bonds is 8. The zero-order chi connectivity index (χ0) is 20.0. The van der Waals surface area contributed by atoms with Gasteiger partial charge >= 0.3 is 5.97 Å². The van der Waals surface area contributed by atoms with Crippen LogP contribution in [0.4, 0.5) is 0 Å². The highest BCUT2D eigenvalue weighted by Crippen LogP contribution is 2.21. The third-order valence-corrected chi connectivity index (χ3v) is 3.75. The summed E-state index contributed by atoms with van der Waals surface area (Å²) < 4.78 is 10.6. The lowest BCUT2D eigenvalue weighted by molar-refractivity contribution is -0.140. The van der Waals surface area contributed by atoms with E-state index in [0.717, 1.165) is 5.56 Å².